The standard InChI is InChI=1S/C15H18F3NO2/c1-21-12-5-6-13-10(7-12)3-2-4-11(13)9-19-14(20)8-15(16,17)18/h5-7,11H,2-4,8-9H2,1H3,(H,19,20). The quantitative estimate of drug-likeness (QED) is 0.927. The van der Waals surface area contributed by atoms with Crippen molar-refractivity contribution in [3.8, 4) is 5.75 Å². The molecule has 0 heterocycles. The number of alkyl halides is 3. The fourth-order valence-corrected chi connectivity index (χ4v) is 2.71. The smallest absolute Gasteiger partial charge is 0.397 e. The molecule has 1 amide bonds. The van der Waals surface area contributed by atoms with Crippen LogP contribution in [-0.4, -0.2) is 25.7 Å². The highest BCUT2D eigenvalue weighted by atomic mass is 19.4. The molecule has 2 rings (SSSR count). The summed E-state index contributed by atoms with van der Waals surface area (Å²) < 4.78 is 41.5. The van der Waals surface area contributed by atoms with Gasteiger partial charge < -0.3 is 10.1 Å². The van der Waals surface area contributed by atoms with E-state index in [-0.39, 0.29) is 12.5 Å². The van der Waals surface area contributed by atoms with Gasteiger partial charge in [0.05, 0.1) is 7.11 Å². The zero-order chi connectivity index (χ0) is 15.5. The molecule has 0 spiro atoms. The summed E-state index contributed by atoms with van der Waals surface area (Å²) in [6, 6.07) is 5.74. The lowest BCUT2D eigenvalue weighted by molar-refractivity contribution is -0.153. The third-order valence-corrected chi connectivity index (χ3v) is 3.70. The number of rotatable bonds is 4. The molecular weight excluding hydrogens is 283 g/mol. The summed E-state index contributed by atoms with van der Waals surface area (Å²) in [5, 5.41) is 2.39. The molecule has 1 unspecified atom stereocenters. The predicted octanol–water partition coefficient (Wildman–Crippen LogP) is 3.18. The minimum Gasteiger partial charge on any atom is -0.497 e. The summed E-state index contributed by atoms with van der Waals surface area (Å²) in [5.41, 5.74) is 2.24. The SMILES string of the molecule is COc1ccc2c(c1)CCCC2CNC(=O)CC(F)(F)F. The van der Waals surface area contributed by atoms with Gasteiger partial charge in [0.25, 0.3) is 0 Å². The third kappa shape index (κ3) is 4.37. The molecule has 3 nitrogen and oxygen atoms in total. The first-order chi connectivity index (χ1) is 9.89. The van der Waals surface area contributed by atoms with Gasteiger partial charge in [-0.05, 0) is 42.5 Å². The number of halogens is 3. The highest BCUT2D eigenvalue weighted by Crippen LogP contribution is 2.33. The van der Waals surface area contributed by atoms with E-state index in [0.29, 0.717) is 0 Å². The highest BCUT2D eigenvalue weighted by Gasteiger charge is 2.31. The molecule has 1 atom stereocenters. The van der Waals surface area contributed by atoms with Crippen molar-refractivity contribution in [3.63, 3.8) is 0 Å². The predicted molar refractivity (Wildman–Crippen MR) is 72.4 cm³/mol. The lowest BCUT2D eigenvalue weighted by Gasteiger charge is -2.26. The molecule has 1 aromatic carbocycles. The number of amides is 1. The van der Waals surface area contributed by atoms with Gasteiger partial charge in [-0.2, -0.15) is 13.2 Å². The second-order valence-electron chi connectivity index (χ2n) is 5.25. The maximum atomic E-state index is 12.1. The van der Waals surface area contributed by atoms with Crippen molar-refractivity contribution in [3.05, 3.63) is 29.3 Å². The molecular formula is C15H18F3NO2. The minimum atomic E-state index is -4.46. The molecule has 0 aliphatic heterocycles. The second kappa shape index (κ2) is 6.37. The number of benzene rings is 1. The Labute approximate surface area is 121 Å². The zero-order valence-corrected chi connectivity index (χ0v) is 11.8. The van der Waals surface area contributed by atoms with Crippen LogP contribution in [0, 0.1) is 0 Å². The number of carbonyl (C=O) groups is 1. The largest absolute Gasteiger partial charge is 0.497 e. The van der Waals surface area contributed by atoms with Crippen LogP contribution in [0.4, 0.5) is 13.2 Å². The van der Waals surface area contributed by atoms with E-state index in [1.807, 2.05) is 18.2 Å². The van der Waals surface area contributed by atoms with Gasteiger partial charge in [0.1, 0.15) is 12.2 Å². The summed E-state index contributed by atoms with van der Waals surface area (Å²) >= 11 is 0. The van der Waals surface area contributed by atoms with Crippen LogP contribution in [0.1, 0.15) is 36.3 Å². The number of hydrogen-bond donors (Lipinski definition) is 1. The van der Waals surface area contributed by atoms with Gasteiger partial charge >= 0.3 is 6.18 Å². The number of aryl methyl sites for hydroxylation is 1. The van der Waals surface area contributed by atoms with Gasteiger partial charge in [-0.3, -0.25) is 4.79 Å². The molecule has 0 aromatic heterocycles. The van der Waals surface area contributed by atoms with Crippen molar-refractivity contribution in [1.29, 1.82) is 0 Å². The normalized spacial score (nSPS) is 18.0. The molecule has 1 aromatic rings. The van der Waals surface area contributed by atoms with E-state index in [1.165, 1.54) is 0 Å². The Hall–Kier alpha value is -1.72. The van der Waals surface area contributed by atoms with Crippen molar-refractivity contribution in [2.75, 3.05) is 13.7 Å². The molecule has 1 N–H and O–H groups in total. The maximum Gasteiger partial charge on any atom is 0.397 e. The molecule has 1 aliphatic rings. The Balaban J connectivity index is 1.99. The van der Waals surface area contributed by atoms with Gasteiger partial charge in [-0.1, -0.05) is 6.07 Å². The Morgan fingerprint density at radius 3 is 2.86 bits per heavy atom. The molecule has 116 valence electrons. The van der Waals surface area contributed by atoms with Crippen LogP contribution in [0.3, 0.4) is 0 Å². The fraction of sp³-hybridized carbons (Fsp3) is 0.533. The minimum absolute atomic E-state index is 0.0665. The third-order valence-electron chi connectivity index (χ3n) is 3.70. The summed E-state index contributed by atoms with van der Waals surface area (Å²) in [4.78, 5) is 11.3. The van der Waals surface area contributed by atoms with Crippen LogP contribution in [0.5, 0.6) is 5.75 Å². The molecule has 1 aliphatic carbocycles. The van der Waals surface area contributed by atoms with E-state index in [2.05, 4.69) is 5.32 Å². The lowest BCUT2D eigenvalue weighted by atomic mass is 9.82. The van der Waals surface area contributed by atoms with Crippen molar-refractivity contribution in [2.45, 2.75) is 37.8 Å². The first kappa shape index (κ1) is 15.7. The summed E-state index contributed by atoms with van der Waals surface area (Å²) in [5.74, 6) is -0.129. The van der Waals surface area contributed by atoms with Crippen LogP contribution in [0.25, 0.3) is 0 Å². The van der Waals surface area contributed by atoms with Gasteiger partial charge in [-0.25, -0.2) is 0 Å². The maximum absolute atomic E-state index is 12.1. The molecule has 0 saturated carbocycles. The number of nitrogens with one attached hydrogen (secondary N) is 1. The topological polar surface area (TPSA) is 38.3 Å². The molecule has 6 heteroatoms. The van der Waals surface area contributed by atoms with Crippen molar-refractivity contribution in [1.82, 2.24) is 5.32 Å². The zero-order valence-electron chi connectivity index (χ0n) is 11.8. The molecule has 0 fully saturated rings. The van der Waals surface area contributed by atoms with Crippen LogP contribution in [-0.2, 0) is 11.2 Å². The van der Waals surface area contributed by atoms with Crippen molar-refractivity contribution >= 4 is 5.91 Å². The Morgan fingerprint density at radius 1 is 1.43 bits per heavy atom. The molecule has 0 bridgehead atoms. The lowest BCUT2D eigenvalue weighted by Crippen LogP contribution is -2.32. The Kier molecular flexibility index (Phi) is 4.75. The van der Waals surface area contributed by atoms with Gasteiger partial charge in [0.15, 0.2) is 0 Å². The second-order valence-corrected chi connectivity index (χ2v) is 5.25. The van der Waals surface area contributed by atoms with E-state index in [0.717, 1.165) is 36.1 Å². The first-order valence-electron chi connectivity index (χ1n) is 6.89. The van der Waals surface area contributed by atoms with E-state index >= 15 is 0 Å². The highest BCUT2D eigenvalue weighted by molar-refractivity contribution is 5.76. The van der Waals surface area contributed by atoms with Gasteiger partial charge in [0, 0.05) is 12.5 Å². The summed E-state index contributed by atoms with van der Waals surface area (Å²) in [6.07, 6.45) is -3.12. The Bertz CT molecular complexity index is 514. The molecule has 0 radical (unpaired) electrons. The molecule has 21 heavy (non-hydrogen) atoms. The number of ether oxygens (including phenoxy) is 1. The summed E-state index contributed by atoms with van der Waals surface area (Å²) in [7, 11) is 1.60. The number of hydrogen-bond acceptors (Lipinski definition) is 2. The van der Waals surface area contributed by atoms with Crippen LogP contribution < -0.4 is 10.1 Å². The first-order valence-corrected chi connectivity index (χ1v) is 6.89. The van der Waals surface area contributed by atoms with Crippen LogP contribution in [0.2, 0.25) is 0 Å². The number of carbonyl (C=O) groups excluding carboxylic acids is 1. The van der Waals surface area contributed by atoms with Crippen LogP contribution in [0.15, 0.2) is 18.2 Å². The number of fused-ring (bicyclic) bond motifs is 1. The van der Waals surface area contributed by atoms with Crippen molar-refractivity contribution in [2.24, 2.45) is 0 Å². The number of methoxy groups -OCH3 is 1. The summed E-state index contributed by atoms with van der Waals surface area (Å²) in [6.45, 7) is 0.244. The average molecular weight is 301 g/mol. The van der Waals surface area contributed by atoms with E-state index in [1.54, 1.807) is 7.11 Å². The van der Waals surface area contributed by atoms with Crippen molar-refractivity contribution < 1.29 is 22.7 Å². The molecule has 0 saturated heterocycles. The van der Waals surface area contributed by atoms with E-state index in [4.69, 9.17) is 4.74 Å². The van der Waals surface area contributed by atoms with Crippen LogP contribution >= 0.6 is 0 Å². The monoisotopic (exact) mass is 301 g/mol. The van der Waals surface area contributed by atoms with E-state index in [9.17, 15) is 18.0 Å². The van der Waals surface area contributed by atoms with Gasteiger partial charge in [0.2, 0.25) is 5.91 Å². The van der Waals surface area contributed by atoms with E-state index < -0.39 is 18.5 Å². The van der Waals surface area contributed by atoms with Gasteiger partial charge in [-0.15, -0.1) is 0 Å². The average Bonchev–Trinajstić information content (AvgIpc) is 2.42. The fourth-order valence-electron chi connectivity index (χ4n) is 2.71. The Morgan fingerprint density at radius 2 is 2.19 bits per heavy atom.